The molecule has 0 saturated heterocycles. The van der Waals surface area contributed by atoms with Crippen LogP contribution >= 0.6 is 0 Å². The van der Waals surface area contributed by atoms with Crippen molar-refractivity contribution < 1.29 is 19.0 Å². The second-order valence-electron chi connectivity index (χ2n) is 7.68. The fraction of sp³-hybridized carbons (Fsp3) is 0.364. The van der Waals surface area contributed by atoms with E-state index >= 15 is 0 Å². The molecule has 0 fully saturated rings. The molecule has 0 saturated carbocycles. The van der Waals surface area contributed by atoms with E-state index in [-0.39, 0.29) is 18.7 Å². The summed E-state index contributed by atoms with van der Waals surface area (Å²) in [6, 6.07) is 9.00. The van der Waals surface area contributed by atoms with Gasteiger partial charge in [-0.15, -0.1) is 5.10 Å². The summed E-state index contributed by atoms with van der Waals surface area (Å²) in [5.74, 6) is 2.31. The number of methoxy groups -OCH3 is 1. The van der Waals surface area contributed by atoms with Crippen molar-refractivity contribution in [3.8, 4) is 22.9 Å². The first-order chi connectivity index (χ1) is 15.6. The molecule has 0 unspecified atom stereocenters. The zero-order valence-electron chi connectivity index (χ0n) is 18.2. The number of nitrogens with one attached hydrogen (secondary N) is 1. The number of fused-ring (bicyclic) bond motifs is 2. The average Bonchev–Trinajstić information content (AvgIpc) is 3.47. The van der Waals surface area contributed by atoms with Gasteiger partial charge in [-0.1, -0.05) is 12.1 Å². The third kappa shape index (κ3) is 3.14. The quantitative estimate of drug-likeness (QED) is 0.645. The molecule has 1 amide bonds. The molecule has 3 heterocycles. The topological polar surface area (TPSA) is 104 Å². The van der Waals surface area contributed by atoms with Gasteiger partial charge in [0.15, 0.2) is 17.3 Å². The third-order valence-electron chi connectivity index (χ3n) is 5.85. The highest BCUT2D eigenvalue weighted by Gasteiger charge is 2.38. The highest BCUT2D eigenvalue weighted by Crippen LogP contribution is 2.50. The van der Waals surface area contributed by atoms with Crippen molar-refractivity contribution in [2.75, 3.05) is 34.0 Å². The SMILES string of the molecule is CCNC(=O)c1ccccc1-n1nnnc1[C@H]1c2c(cc3c(c2OC)OCO3)CCN1C. The lowest BCUT2D eigenvalue weighted by atomic mass is 9.90. The predicted molar refractivity (Wildman–Crippen MR) is 114 cm³/mol. The Morgan fingerprint density at radius 3 is 2.97 bits per heavy atom. The van der Waals surface area contributed by atoms with Crippen LogP contribution in [0.1, 0.15) is 40.3 Å². The second kappa shape index (κ2) is 8.12. The van der Waals surface area contributed by atoms with E-state index in [9.17, 15) is 4.79 Å². The van der Waals surface area contributed by atoms with Crippen LogP contribution in [0.5, 0.6) is 17.2 Å². The summed E-state index contributed by atoms with van der Waals surface area (Å²) in [5, 5.41) is 15.4. The number of tetrazole rings is 1. The number of nitrogens with zero attached hydrogens (tertiary/aromatic N) is 5. The van der Waals surface area contributed by atoms with Crippen LogP contribution in [0.25, 0.3) is 5.69 Å². The van der Waals surface area contributed by atoms with E-state index in [1.54, 1.807) is 17.9 Å². The summed E-state index contributed by atoms with van der Waals surface area (Å²) in [5.41, 5.74) is 3.15. The fourth-order valence-corrected chi connectivity index (χ4v) is 4.40. The molecule has 5 rings (SSSR count). The van der Waals surface area contributed by atoms with Crippen LogP contribution in [0.15, 0.2) is 30.3 Å². The van der Waals surface area contributed by atoms with Crippen molar-refractivity contribution in [3.05, 3.63) is 52.8 Å². The lowest BCUT2D eigenvalue weighted by molar-refractivity contribution is 0.0955. The number of likely N-dealkylation sites (N-methyl/N-ethyl adjacent to an activating group) is 1. The van der Waals surface area contributed by atoms with Crippen molar-refractivity contribution in [2.45, 2.75) is 19.4 Å². The van der Waals surface area contributed by atoms with Crippen LogP contribution in [0.3, 0.4) is 0 Å². The molecule has 2 aliphatic heterocycles. The zero-order chi connectivity index (χ0) is 22.2. The lowest BCUT2D eigenvalue weighted by Crippen LogP contribution is -2.35. The summed E-state index contributed by atoms with van der Waals surface area (Å²) in [7, 11) is 3.64. The number of hydrogen-bond donors (Lipinski definition) is 1. The van der Waals surface area contributed by atoms with Crippen LogP contribution in [-0.2, 0) is 6.42 Å². The molecule has 10 heteroatoms. The molecular formula is C22H24N6O4. The zero-order valence-corrected chi connectivity index (χ0v) is 18.2. The van der Waals surface area contributed by atoms with Crippen molar-refractivity contribution >= 4 is 5.91 Å². The maximum Gasteiger partial charge on any atom is 0.253 e. The lowest BCUT2D eigenvalue weighted by Gasteiger charge is -2.34. The molecule has 10 nitrogen and oxygen atoms in total. The van der Waals surface area contributed by atoms with Gasteiger partial charge in [0, 0.05) is 18.7 Å². The first-order valence-corrected chi connectivity index (χ1v) is 10.5. The van der Waals surface area contributed by atoms with Gasteiger partial charge in [-0.2, -0.15) is 4.68 Å². The number of benzene rings is 2. The van der Waals surface area contributed by atoms with Crippen LogP contribution in [0.2, 0.25) is 0 Å². The van der Waals surface area contributed by atoms with Crippen molar-refractivity contribution in [2.24, 2.45) is 0 Å². The van der Waals surface area contributed by atoms with Gasteiger partial charge in [-0.25, -0.2) is 0 Å². The van der Waals surface area contributed by atoms with Crippen LogP contribution in [0.4, 0.5) is 0 Å². The number of carbonyl (C=O) groups is 1. The Balaban J connectivity index is 1.68. The minimum atomic E-state index is -0.305. The molecule has 2 aliphatic rings. The Hall–Kier alpha value is -3.66. The van der Waals surface area contributed by atoms with Crippen LogP contribution in [-0.4, -0.2) is 65.1 Å². The van der Waals surface area contributed by atoms with Gasteiger partial charge >= 0.3 is 0 Å². The molecule has 0 spiro atoms. The molecule has 1 atom stereocenters. The summed E-state index contributed by atoms with van der Waals surface area (Å²) in [4.78, 5) is 14.9. The van der Waals surface area contributed by atoms with Crippen molar-refractivity contribution in [1.82, 2.24) is 30.4 Å². The summed E-state index contributed by atoms with van der Waals surface area (Å²) in [6.45, 7) is 3.37. The third-order valence-corrected chi connectivity index (χ3v) is 5.85. The Labute approximate surface area is 185 Å². The van der Waals surface area contributed by atoms with Gasteiger partial charge in [-0.05, 0) is 54.6 Å². The molecule has 1 aromatic heterocycles. The summed E-state index contributed by atoms with van der Waals surface area (Å²) in [6.07, 6.45) is 0.826. The number of hydrogen-bond acceptors (Lipinski definition) is 8. The largest absolute Gasteiger partial charge is 0.492 e. The molecule has 1 N–H and O–H groups in total. The number of para-hydroxylation sites is 1. The number of carbonyl (C=O) groups excluding carboxylic acids is 1. The summed E-state index contributed by atoms with van der Waals surface area (Å²) >= 11 is 0. The number of amides is 1. The molecule has 3 aromatic rings. The standard InChI is InChI=1S/C22H24N6O4/c1-4-23-22(29)14-7-5-6-8-15(14)28-21(24-25-26-28)18-17-13(9-10-27(18)2)11-16-19(20(17)30-3)32-12-31-16/h5-8,11,18H,4,9-10,12H2,1-3H3,(H,23,29)/t18-/m1/s1. The number of aromatic nitrogens is 4. The van der Waals surface area contributed by atoms with Crippen molar-refractivity contribution in [1.29, 1.82) is 0 Å². The van der Waals surface area contributed by atoms with E-state index in [1.165, 1.54) is 0 Å². The van der Waals surface area contributed by atoms with E-state index < -0.39 is 0 Å². The first kappa shape index (κ1) is 20.3. The predicted octanol–water partition coefficient (Wildman–Crippen LogP) is 1.73. The number of ether oxygens (including phenoxy) is 3. The van der Waals surface area contributed by atoms with Gasteiger partial charge in [0.2, 0.25) is 12.5 Å². The Kier molecular flexibility index (Phi) is 5.14. The second-order valence-corrected chi connectivity index (χ2v) is 7.68. The van der Waals surface area contributed by atoms with Gasteiger partial charge in [0.1, 0.15) is 6.04 Å². The molecule has 0 aliphatic carbocycles. The van der Waals surface area contributed by atoms with E-state index in [4.69, 9.17) is 14.2 Å². The minimum Gasteiger partial charge on any atom is -0.492 e. The molecule has 32 heavy (non-hydrogen) atoms. The van der Waals surface area contributed by atoms with E-state index in [0.717, 1.165) is 24.1 Å². The maximum atomic E-state index is 12.7. The van der Waals surface area contributed by atoms with E-state index in [1.807, 2.05) is 38.2 Å². The maximum absolute atomic E-state index is 12.7. The molecule has 166 valence electrons. The molecule has 2 aromatic carbocycles. The average molecular weight is 436 g/mol. The van der Waals surface area contributed by atoms with E-state index in [0.29, 0.717) is 40.9 Å². The van der Waals surface area contributed by atoms with Gasteiger partial charge in [-0.3, -0.25) is 9.69 Å². The Morgan fingerprint density at radius 2 is 2.16 bits per heavy atom. The molecular weight excluding hydrogens is 412 g/mol. The highest BCUT2D eigenvalue weighted by molar-refractivity contribution is 5.97. The smallest absolute Gasteiger partial charge is 0.253 e. The normalized spacial score (nSPS) is 17.2. The van der Waals surface area contributed by atoms with Gasteiger partial charge in [0.25, 0.3) is 5.91 Å². The first-order valence-electron chi connectivity index (χ1n) is 10.5. The van der Waals surface area contributed by atoms with Crippen LogP contribution < -0.4 is 19.5 Å². The monoisotopic (exact) mass is 436 g/mol. The van der Waals surface area contributed by atoms with E-state index in [2.05, 4.69) is 25.7 Å². The Morgan fingerprint density at radius 1 is 1.31 bits per heavy atom. The number of rotatable bonds is 5. The highest BCUT2D eigenvalue weighted by atomic mass is 16.7. The fourth-order valence-electron chi connectivity index (χ4n) is 4.40. The van der Waals surface area contributed by atoms with Gasteiger partial charge in [0.05, 0.1) is 18.4 Å². The Bertz CT molecular complexity index is 1180. The van der Waals surface area contributed by atoms with Gasteiger partial charge < -0.3 is 19.5 Å². The molecule has 0 radical (unpaired) electrons. The van der Waals surface area contributed by atoms with Crippen LogP contribution in [0, 0.1) is 0 Å². The summed E-state index contributed by atoms with van der Waals surface area (Å²) < 4.78 is 18.7. The van der Waals surface area contributed by atoms with Crippen molar-refractivity contribution in [3.63, 3.8) is 0 Å². The molecule has 0 bridgehead atoms. The minimum absolute atomic E-state index is 0.159.